The zero-order valence-electron chi connectivity index (χ0n) is 67.3. The molecule has 0 radical (unpaired) electrons. The minimum absolute atomic E-state index is 0.0820. The van der Waals surface area contributed by atoms with Gasteiger partial charge in [0.2, 0.25) is 0 Å². The minimum atomic E-state index is -4.95. The maximum Gasteiger partial charge on any atom is 0.472 e. The third kappa shape index (κ3) is 82.2. The molecule has 16 nitrogen and oxygen atoms in total. The second kappa shape index (κ2) is 80.9. The lowest BCUT2D eigenvalue weighted by Gasteiger charge is -2.21. The summed E-state index contributed by atoms with van der Waals surface area (Å²) in [6.07, 6.45) is 101. The van der Waals surface area contributed by atoms with Gasteiger partial charge in [-0.05, 0) is 141 Å². The molecular weight excluding hydrogens is 1390 g/mol. The standard InChI is InChI=1S/C89H152O16P2/c1-4-7-10-13-16-19-22-25-28-31-33-34-35-36-37-38-39-40-41-42-43-44-45-46-47-48-50-53-54-57-60-63-66-69-72-75-87(92)99-78-84(90)79-101-106(95,96)102-80-85(91)81-103-107(97,98)104-83-86(105-89(94)77-74-71-68-65-62-59-56-51-30-27-24-21-18-15-12-9-6-3)82-100-88(93)76-73-70-67-64-61-58-55-52-49-32-29-26-23-20-17-14-11-8-5-2/h8-9,11-12,16-21,25-30,33-34,36-37,49,52,58,61,84-86,90-91H,4-7,10,13-15,22-24,31-32,35,38-48,50-51,53-57,59-60,62-83H2,1-3H3,(H,95,96)(H,97,98)/b11-8-,12-9-,19-16-,20-17-,21-18-,28-25-,29-26-,30-27-,34-33-,37-36-,52-49-,61-58-. The first-order valence-electron chi connectivity index (χ1n) is 42.1. The highest BCUT2D eigenvalue weighted by Gasteiger charge is 2.29. The van der Waals surface area contributed by atoms with Gasteiger partial charge in [-0.2, -0.15) is 0 Å². The number of aliphatic hydroxyl groups excluding tert-OH is 2. The summed E-state index contributed by atoms with van der Waals surface area (Å²) < 4.78 is 61.2. The first-order chi connectivity index (χ1) is 52.2. The summed E-state index contributed by atoms with van der Waals surface area (Å²) in [6, 6.07) is 0. The predicted molar refractivity (Wildman–Crippen MR) is 445 cm³/mol. The molecule has 0 fully saturated rings. The van der Waals surface area contributed by atoms with Crippen LogP contribution in [0, 0.1) is 0 Å². The Morgan fingerprint density at radius 1 is 0.271 bits per heavy atom. The first-order valence-corrected chi connectivity index (χ1v) is 45.1. The second-order valence-corrected chi connectivity index (χ2v) is 30.8. The Morgan fingerprint density at radius 3 is 0.794 bits per heavy atom. The normalized spacial score (nSPS) is 14.6. The molecule has 0 aromatic heterocycles. The molecule has 107 heavy (non-hydrogen) atoms. The average Bonchev–Trinajstić information content (AvgIpc) is 0.923. The van der Waals surface area contributed by atoms with Crippen molar-refractivity contribution in [2.24, 2.45) is 0 Å². The summed E-state index contributed by atoms with van der Waals surface area (Å²) in [5.41, 5.74) is 0. The largest absolute Gasteiger partial charge is 0.472 e. The van der Waals surface area contributed by atoms with E-state index in [1.807, 2.05) is 0 Å². The van der Waals surface area contributed by atoms with Crippen LogP contribution in [0.2, 0.25) is 0 Å². The van der Waals surface area contributed by atoms with Gasteiger partial charge in [0.05, 0.1) is 26.4 Å². The number of allylic oxidation sites excluding steroid dienone is 24. The number of carbonyl (C=O) groups is 3. The van der Waals surface area contributed by atoms with Gasteiger partial charge in [0.1, 0.15) is 25.4 Å². The van der Waals surface area contributed by atoms with E-state index in [1.165, 1.54) is 128 Å². The number of phosphoric acid groups is 2. The SMILES string of the molecule is CC/C=C\C/C=C\C/C=C\C/C=C\C/C=C\CCCCCC(=O)OCC(COP(=O)(O)OCC(O)COP(=O)(O)OCC(O)COC(=O)CCCCCCCCCCCCCCCCCCCCC/C=C\C/C=C\C/C=C\C/C=C\CCCCC)OC(=O)CCCCCCCCC/C=C\C/C=C\C/C=C\CC. The molecule has 0 heterocycles. The Morgan fingerprint density at radius 2 is 0.495 bits per heavy atom. The molecule has 0 aromatic rings. The van der Waals surface area contributed by atoms with Crippen molar-refractivity contribution in [1.82, 2.24) is 0 Å². The van der Waals surface area contributed by atoms with Crippen LogP contribution in [0.3, 0.4) is 0 Å². The van der Waals surface area contributed by atoms with E-state index in [1.54, 1.807) is 0 Å². The van der Waals surface area contributed by atoms with Crippen molar-refractivity contribution in [3.8, 4) is 0 Å². The lowest BCUT2D eigenvalue weighted by molar-refractivity contribution is -0.161. The van der Waals surface area contributed by atoms with E-state index in [4.69, 9.17) is 32.3 Å². The number of unbranched alkanes of at least 4 members (excludes halogenated alkanes) is 32. The molecule has 5 unspecified atom stereocenters. The number of phosphoric ester groups is 2. The van der Waals surface area contributed by atoms with Gasteiger partial charge in [0, 0.05) is 19.3 Å². The van der Waals surface area contributed by atoms with Crippen LogP contribution in [0.25, 0.3) is 0 Å². The fourth-order valence-electron chi connectivity index (χ4n) is 11.2. The van der Waals surface area contributed by atoms with E-state index >= 15 is 0 Å². The van der Waals surface area contributed by atoms with Crippen molar-refractivity contribution in [3.63, 3.8) is 0 Å². The zero-order chi connectivity index (χ0) is 78.0. The molecule has 0 aliphatic rings. The van der Waals surface area contributed by atoms with E-state index in [0.717, 1.165) is 154 Å². The highest BCUT2D eigenvalue weighted by molar-refractivity contribution is 7.47. The summed E-state index contributed by atoms with van der Waals surface area (Å²) in [5, 5.41) is 20.7. The van der Waals surface area contributed by atoms with Crippen molar-refractivity contribution >= 4 is 33.6 Å². The highest BCUT2D eigenvalue weighted by Crippen LogP contribution is 2.45. The summed E-state index contributed by atoms with van der Waals surface area (Å²) in [5.74, 6) is -1.62. The summed E-state index contributed by atoms with van der Waals surface area (Å²) in [4.78, 5) is 58.7. The van der Waals surface area contributed by atoms with Gasteiger partial charge < -0.3 is 34.2 Å². The average molecular weight is 1540 g/mol. The molecular formula is C89H152O16P2. The monoisotopic (exact) mass is 1540 g/mol. The van der Waals surface area contributed by atoms with Crippen LogP contribution in [0.15, 0.2) is 146 Å². The maximum atomic E-state index is 13.0. The maximum absolute atomic E-state index is 13.0. The first kappa shape index (κ1) is 102. The number of carbonyl (C=O) groups excluding carboxylic acids is 3. The molecule has 0 aliphatic carbocycles. The quantitative estimate of drug-likeness (QED) is 0.0146. The number of esters is 3. The molecule has 0 rings (SSSR count). The van der Waals surface area contributed by atoms with Gasteiger partial charge in [0.15, 0.2) is 6.10 Å². The fraction of sp³-hybridized carbons (Fsp3) is 0.697. The van der Waals surface area contributed by atoms with Crippen molar-refractivity contribution in [2.75, 3.05) is 39.6 Å². The molecule has 5 atom stereocenters. The number of hydrogen-bond donors (Lipinski definition) is 4. The molecule has 0 aliphatic heterocycles. The van der Waals surface area contributed by atoms with Crippen LogP contribution in [0.4, 0.5) is 0 Å². The van der Waals surface area contributed by atoms with Crippen LogP contribution in [-0.4, -0.2) is 95.9 Å². The molecule has 0 amide bonds. The van der Waals surface area contributed by atoms with Crippen molar-refractivity contribution in [2.45, 2.75) is 360 Å². The topological polar surface area (TPSA) is 231 Å². The van der Waals surface area contributed by atoms with E-state index in [-0.39, 0.29) is 19.3 Å². The second-order valence-electron chi connectivity index (χ2n) is 27.9. The van der Waals surface area contributed by atoms with E-state index in [2.05, 4.69) is 167 Å². The molecule has 4 N–H and O–H groups in total. The molecule has 0 aromatic carbocycles. The number of aliphatic hydroxyl groups is 2. The third-order valence-electron chi connectivity index (χ3n) is 17.5. The lowest BCUT2D eigenvalue weighted by atomic mass is 10.0. The van der Waals surface area contributed by atoms with E-state index < -0.39 is 91.5 Å². The summed E-state index contributed by atoms with van der Waals surface area (Å²) in [7, 11) is -9.81. The van der Waals surface area contributed by atoms with Gasteiger partial charge in [-0.1, -0.05) is 327 Å². The number of rotatable bonds is 79. The van der Waals surface area contributed by atoms with Crippen LogP contribution in [0.1, 0.15) is 342 Å². The van der Waals surface area contributed by atoms with Crippen LogP contribution in [0.5, 0.6) is 0 Å². The molecule has 18 heteroatoms. The van der Waals surface area contributed by atoms with Gasteiger partial charge in [0.25, 0.3) is 0 Å². The van der Waals surface area contributed by atoms with Gasteiger partial charge >= 0.3 is 33.6 Å². The van der Waals surface area contributed by atoms with E-state index in [9.17, 15) is 43.5 Å². The molecule has 614 valence electrons. The molecule has 0 saturated heterocycles. The minimum Gasteiger partial charge on any atom is -0.463 e. The predicted octanol–water partition coefficient (Wildman–Crippen LogP) is 25.2. The zero-order valence-corrected chi connectivity index (χ0v) is 69.1. The Bertz CT molecular complexity index is 2530. The van der Waals surface area contributed by atoms with Crippen LogP contribution in [-0.2, 0) is 55.8 Å². The Hall–Kier alpha value is -4.57. The summed E-state index contributed by atoms with van der Waals surface area (Å²) in [6.45, 7) is 2.40. The highest BCUT2D eigenvalue weighted by atomic mass is 31.2. The Balaban J connectivity index is 4.45. The molecule has 0 bridgehead atoms. The Kier molecular flexibility index (Phi) is 77.5. The third-order valence-corrected chi connectivity index (χ3v) is 19.4. The van der Waals surface area contributed by atoms with Crippen molar-refractivity contribution in [1.29, 1.82) is 0 Å². The van der Waals surface area contributed by atoms with Gasteiger partial charge in [-0.15, -0.1) is 0 Å². The van der Waals surface area contributed by atoms with Crippen molar-refractivity contribution < 1.29 is 75.8 Å². The van der Waals surface area contributed by atoms with Crippen LogP contribution >= 0.6 is 15.6 Å². The summed E-state index contributed by atoms with van der Waals surface area (Å²) >= 11 is 0. The smallest absolute Gasteiger partial charge is 0.463 e. The van der Waals surface area contributed by atoms with Gasteiger partial charge in [-0.3, -0.25) is 32.5 Å². The lowest BCUT2D eigenvalue weighted by Crippen LogP contribution is -2.30. The van der Waals surface area contributed by atoms with Crippen molar-refractivity contribution in [3.05, 3.63) is 146 Å². The Labute approximate surface area is 651 Å². The van der Waals surface area contributed by atoms with E-state index in [0.29, 0.717) is 19.3 Å². The number of hydrogen-bond acceptors (Lipinski definition) is 14. The number of ether oxygens (including phenoxy) is 3. The molecule has 0 spiro atoms. The van der Waals surface area contributed by atoms with Crippen LogP contribution < -0.4 is 0 Å². The molecule has 0 saturated carbocycles. The van der Waals surface area contributed by atoms with Gasteiger partial charge in [-0.25, -0.2) is 9.13 Å². The fourth-order valence-corrected chi connectivity index (χ4v) is 12.8.